The molecule has 1 heterocycles. The number of carbonyl (C=O) groups is 2. The molecule has 0 saturated heterocycles. The van der Waals surface area contributed by atoms with E-state index in [0.717, 1.165) is 6.42 Å². The van der Waals surface area contributed by atoms with Gasteiger partial charge in [0.2, 0.25) is 5.91 Å². The van der Waals surface area contributed by atoms with E-state index in [0.29, 0.717) is 21.0 Å². The van der Waals surface area contributed by atoms with Crippen molar-refractivity contribution in [1.29, 1.82) is 0 Å². The number of rotatable bonds is 5. The summed E-state index contributed by atoms with van der Waals surface area (Å²) in [5, 5.41) is 3.10. The maximum atomic E-state index is 12.0. The zero-order valence-corrected chi connectivity index (χ0v) is 14.1. The van der Waals surface area contributed by atoms with E-state index in [1.807, 2.05) is 0 Å². The highest BCUT2D eigenvalue weighted by Gasteiger charge is 2.28. The van der Waals surface area contributed by atoms with Crippen molar-refractivity contribution in [1.82, 2.24) is 5.32 Å². The Morgan fingerprint density at radius 3 is 2.71 bits per heavy atom. The van der Waals surface area contributed by atoms with Crippen molar-refractivity contribution in [2.75, 3.05) is 0 Å². The molecule has 1 N–H and O–H groups in total. The molecule has 5 heteroatoms. The molecule has 1 amide bonds. The van der Waals surface area contributed by atoms with Gasteiger partial charge in [0, 0.05) is 18.9 Å². The number of thiophene rings is 1. The Bertz CT molecular complexity index is 514. The van der Waals surface area contributed by atoms with E-state index >= 15 is 0 Å². The van der Waals surface area contributed by atoms with Gasteiger partial charge in [-0.3, -0.25) is 9.59 Å². The molecule has 3 atom stereocenters. The highest BCUT2D eigenvalue weighted by atomic mass is 35.5. The summed E-state index contributed by atoms with van der Waals surface area (Å²) in [7, 11) is 0. The first kappa shape index (κ1) is 16.5. The molecular weight excluding hydrogens is 306 g/mol. The van der Waals surface area contributed by atoms with Gasteiger partial charge in [0.05, 0.1) is 9.21 Å². The van der Waals surface area contributed by atoms with Crippen LogP contribution in [0.25, 0.3) is 0 Å². The molecule has 3 nitrogen and oxygen atoms in total. The summed E-state index contributed by atoms with van der Waals surface area (Å²) in [4.78, 5) is 24.6. The maximum absolute atomic E-state index is 12.0. The minimum absolute atomic E-state index is 0.00730. The van der Waals surface area contributed by atoms with Crippen LogP contribution in [0.5, 0.6) is 0 Å². The van der Waals surface area contributed by atoms with E-state index in [-0.39, 0.29) is 30.6 Å². The molecule has 0 bridgehead atoms. The molecule has 0 aliphatic heterocycles. The number of nitrogens with one attached hydrogen (secondary N) is 1. The first-order valence-electron chi connectivity index (χ1n) is 7.55. The van der Waals surface area contributed by atoms with Crippen LogP contribution < -0.4 is 5.32 Å². The van der Waals surface area contributed by atoms with E-state index < -0.39 is 0 Å². The van der Waals surface area contributed by atoms with Crippen LogP contribution in [0.2, 0.25) is 4.34 Å². The van der Waals surface area contributed by atoms with Crippen LogP contribution in [0.1, 0.15) is 55.6 Å². The van der Waals surface area contributed by atoms with Crippen molar-refractivity contribution < 1.29 is 9.59 Å². The monoisotopic (exact) mass is 327 g/mol. The van der Waals surface area contributed by atoms with Gasteiger partial charge in [-0.2, -0.15) is 0 Å². The van der Waals surface area contributed by atoms with E-state index in [9.17, 15) is 9.59 Å². The number of hydrogen-bond donors (Lipinski definition) is 1. The highest BCUT2D eigenvalue weighted by Crippen LogP contribution is 2.29. The third kappa shape index (κ3) is 4.55. The van der Waals surface area contributed by atoms with Gasteiger partial charge in [0.25, 0.3) is 0 Å². The lowest BCUT2D eigenvalue weighted by molar-refractivity contribution is -0.122. The summed E-state index contributed by atoms with van der Waals surface area (Å²) in [5.41, 5.74) is 0. The van der Waals surface area contributed by atoms with Crippen molar-refractivity contribution >= 4 is 34.6 Å². The summed E-state index contributed by atoms with van der Waals surface area (Å²) in [6.07, 6.45) is 3.96. The average molecular weight is 328 g/mol. The maximum Gasteiger partial charge on any atom is 0.220 e. The lowest BCUT2D eigenvalue weighted by Gasteiger charge is -2.34. The Hall–Kier alpha value is -0.870. The van der Waals surface area contributed by atoms with E-state index in [1.54, 1.807) is 12.1 Å². The largest absolute Gasteiger partial charge is 0.353 e. The second-order valence-corrected chi connectivity index (χ2v) is 7.68. The average Bonchev–Trinajstić information content (AvgIpc) is 2.88. The predicted octanol–water partition coefficient (Wildman–Crippen LogP) is 4.31. The van der Waals surface area contributed by atoms with Crippen LogP contribution in [-0.2, 0) is 4.79 Å². The molecule has 0 radical (unpaired) electrons. The van der Waals surface area contributed by atoms with E-state index in [1.165, 1.54) is 24.2 Å². The quantitative estimate of drug-likeness (QED) is 0.819. The third-order valence-corrected chi connectivity index (χ3v) is 5.75. The summed E-state index contributed by atoms with van der Waals surface area (Å²) in [6, 6.07) is 3.69. The standard InChI is InChI=1S/C16H22ClNO2S/c1-10-4-3-5-12(11(10)2)18-16(20)9-6-13(19)14-7-8-15(17)21-14/h7-8,10-12H,3-6,9H2,1-2H3,(H,18,20). The van der Waals surface area contributed by atoms with Gasteiger partial charge in [0.1, 0.15) is 0 Å². The Morgan fingerprint density at radius 2 is 2.05 bits per heavy atom. The molecular formula is C16H22ClNO2S. The first-order valence-corrected chi connectivity index (χ1v) is 8.74. The zero-order chi connectivity index (χ0) is 15.4. The zero-order valence-electron chi connectivity index (χ0n) is 12.5. The first-order chi connectivity index (χ1) is 9.97. The van der Waals surface area contributed by atoms with Crippen LogP contribution in [-0.4, -0.2) is 17.7 Å². The van der Waals surface area contributed by atoms with Gasteiger partial charge < -0.3 is 5.32 Å². The fourth-order valence-corrected chi connectivity index (χ4v) is 3.89. The van der Waals surface area contributed by atoms with Crippen LogP contribution in [0.15, 0.2) is 12.1 Å². The van der Waals surface area contributed by atoms with Crippen molar-refractivity contribution in [3.05, 3.63) is 21.3 Å². The minimum Gasteiger partial charge on any atom is -0.353 e. The molecule has 0 spiro atoms. The molecule has 1 saturated carbocycles. The smallest absolute Gasteiger partial charge is 0.220 e. The second kappa shape index (κ2) is 7.41. The van der Waals surface area contributed by atoms with Crippen LogP contribution in [0.4, 0.5) is 0 Å². The van der Waals surface area contributed by atoms with Crippen LogP contribution in [0, 0.1) is 11.8 Å². The number of carbonyl (C=O) groups excluding carboxylic acids is 2. The molecule has 116 valence electrons. The van der Waals surface area contributed by atoms with Gasteiger partial charge in [-0.1, -0.05) is 38.3 Å². The topological polar surface area (TPSA) is 46.2 Å². The summed E-state index contributed by atoms with van der Waals surface area (Å²) in [5.74, 6) is 1.14. The van der Waals surface area contributed by atoms with Gasteiger partial charge in [-0.15, -0.1) is 11.3 Å². The molecule has 1 aromatic heterocycles. The number of amides is 1. The second-order valence-electron chi connectivity index (χ2n) is 5.97. The lowest BCUT2D eigenvalue weighted by atomic mass is 9.78. The summed E-state index contributed by atoms with van der Waals surface area (Å²) < 4.78 is 0.604. The number of hydrogen-bond acceptors (Lipinski definition) is 3. The highest BCUT2D eigenvalue weighted by molar-refractivity contribution is 7.18. The Morgan fingerprint density at radius 1 is 1.29 bits per heavy atom. The third-order valence-electron chi connectivity index (χ3n) is 4.48. The molecule has 1 aliphatic carbocycles. The summed E-state index contributed by atoms with van der Waals surface area (Å²) in [6.45, 7) is 4.45. The molecule has 1 aliphatic rings. The molecule has 1 fully saturated rings. The molecule has 1 aromatic rings. The Labute approximate surface area is 135 Å². The molecule has 3 unspecified atom stereocenters. The van der Waals surface area contributed by atoms with Crippen LogP contribution in [0.3, 0.4) is 0 Å². The Kier molecular flexibility index (Phi) is 5.82. The minimum atomic E-state index is -0.0167. The SMILES string of the molecule is CC1CCCC(NC(=O)CCC(=O)c2ccc(Cl)s2)C1C. The molecule has 2 rings (SSSR count). The van der Waals surface area contributed by atoms with Crippen molar-refractivity contribution in [3.63, 3.8) is 0 Å². The Balaban J connectivity index is 1.78. The van der Waals surface area contributed by atoms with Gasteiger partial charge in [0.15, 0.2) is 5.78 Å². The summed E-state index contributed by atoms with van der Waals surface area (Å²) >= 11 is 7.08. The van der Waals surface area contributed by atoms with E-state index in [4.69, 9.17) is 11.6 Å². The van der Waals surface area contributed by atoms with E-state index in [2.05, 4.69) is 19.2 Å². The van der Waals surface area contributed by atoms with Crippen molar-refractivity contribution in [3.8, 4) is 0 Å². The number of Topliss-reactive ketones (excluding diaryl/α,β-unsaturated/α-hetero) is 1. The van der Waals surface area contributed by atoms with Crippen molar-refractivity contribution in [2.24, 2.45) is 11.8 Å². The normalized spacial score (nSPS) is 25.6. The van der Waals surface area contributed by atoms with Gasteiger partial charge in [-0.05, 0) is 30.4 Å². The van der Waals surface area contributed by atoms with Gasteiger partial charge >= 0.3 is 0 Å². The molecule has 21 heavy (non-hydrogen) atoms. The van der Waals surface area contributed by atoms with Crippen LogP contribution >= 0.6 is 22.9 Å². The lowest BCUT2D eigenvalue weighted by Crippen LogP contribution is -2.43. The fourth-order valence-electron chi connectivity index (χ4n) is 2.88. The van der Waals surface area contributed by atoms with Gasteiger partial charge in [-0.25, -0.2) is 0 Å². The molecule has 0 aromatic carbocycles. The number of halogens is 1. The number of ketones is 1. The van der Waals surface area contributed by atoms with Crippen molar-refractivity contribution in [2.45, 2.75) is 52.0 Å². The predicted molar refractivity (Wildman–Crippen MR) is 87.0 cm³/mol. The fraction of sp³-hybridized carbons (Fsp3) is 0.625.